The van der Waals surface area contributed by atoms with Crippen molar-refractivity contribution in [3.8, 4) is 16.9 Å². The minimum Gasteiger partial charge on any atom is -0.491 e. The Morgan fingerprint density at radius 1 is 0.846 bits per heavy atom. The van der Waals surface area contributed by atoms with E-state index in [0.29, 0.717) is 25.0 Å². The van der Waals surface area contributed by atoms with E-state index in [-0.39, 0.29) is 35.1 Å². The van der Waals surface area contributed by atoms with Crippen LogP contribution in [0.2, 0.25) is 18.1 Å². The third-order valence-electron chi connectivity index (χ3n) is 11.2. The van der Waals surface area contributed by atoms with E-state index in [1.54, 1.807) is 0 Å². The van der Waals surface area contributed by atoms with Crippen LogP contribution < -0.4 is 4.74 Å². The van der Waals surface area contributed by atoms with Crippen LogP contribution in [0, 0.1) is 5.41 Å². The number of unbranched alkanes of at least 4 members (excludes halogenated alkanes) is 4. The van der Waals surface area contributed by atoms with Gasteiger partial charge >= 0.3 is 11.9 Å². The van der Waals surface area contributed by atoms with E-state index in [1.165, 1.54) is 5.57 Å². The number of carbonyl (C=O) groups excluding carboxylic acids is 1. The first kappa shape index (κ1) is 41.1. The van der Waals surface area contributed by atoms with Gasteiger partial charge in [0.2, 0.25) is 0 Å². The first-order valence-corrected chi connectivity index (χ1v) is 22.4. The Bertz CT molecular complexity index is 1560. The van der Waals surface area contributed by atoms with Gasteiger partial charge in [-0.05, 0) is 85.6 Å². The number of esters is 1. The van der Waals surface area contributed by atoms with Crippen LogP contribution in [0.4, 0.5) is 0 Å². The second kappa shape index (κ2) is 19.4. The summed E-state index contributed by atoms with van der Waals surface area (Å²) in [6.07, 6.45) is 12.0. The van der Waals surface area contributed by atoms with E-state index in [1.807, 2.05) is 72.8 Å². The molecule has 0 fully saturated rings. The van der Waals surface area contributed by atoms with Crippen molar-refractivity contribution in [3.05, 3.63) is 102 Å². The number of aliphatic carboxylic acids is 1. The minimum atomic E-state index is -2.09. The molecule has 0 spiro atoms. The van der Waals surface area contributed by atoms with E-state index in [4.69, 9.17) is 19.0 Å². The van der Waals surface area contributed by atoms with Gasteiger partial charge in [-0.15, -0.1) is 0 Å². The van der Waals surface area contributed by atoms with Crippen LogP contribution >= 0.6 is 0 Å². The summed E-state index contributed by atoms with van der Waals surface area (Å²) in [5, 5.41) is 9.21. The molecular formula is C45H62O6Si. The Morgan fingerprint density at radius 2 is 1.46 bits per heavy atom. The Hall–Kier alpha value is -3.68. The van der Waals surface area contributed by atoms with Gasteiger partial charge < -0.3 is 19.0 Å². The molecule has 0 unspecified atom stereocenters. The molecule has 0 bridgehead atoms. The molecule has 1 aliphatic rings. The van der Waals surface area contributed by atoms with E-state index in [9.17, 15) is 9.59 Å². The number of hydrogen-bond donors (Lipinski definition) is 1. The fraction of sp³-hybridized carbons (Fsp3) is 0.511. The van der Waals surface area contributed by atoms with Gasteiger partial charge in [-0.1, -0.05) is 132 Å². The summed E-state index contributed by atoms with van der Waals surface area (Å²) in [6.45, 7) is 14.1. The van der Waals surface area contributed by atoms with Crippen molar-refractivity contribution in [2.75, 3.05) is 6.61 Å². The predicted octanol–water partition coefficient (Wildman–Crippen LogP) is 12.1. The largest absolute Gasteiger partial charge is 0.491 e. The van der Waals surface area contributed by atoms with Gasteiger partial charge in [-0.2, -0.15) is 0 Å². The third kappa shape index (κ3) is 11.7. The Balaban J connectivity index is 1.55. The van der Waals surface area contributed by atoms with Crippen molar-refractivity contribution in [2.24, 2.45) is 5.41 Å². The molecule has 6 nitrogen and oxygen atoms in total. The number of carbonyl (C=O) groups is 2. The smallest absolute Gasteiger partial charge is 0.338 e. The van der Waals surface area contributed by atoms with Crippen molar-refractivity contribution < 1.29 is 28.6 Å². The number of benzene rings is 3. The number of para-hydroxylation sites is 1. The standard InChI is InChI=1S/C45H62O6Si/c1-7-8-32-45(33-18-10-9-17-23-42(46)47)38(28-30-40(51-52(5,6)44(2,3)4)34-49-39-21-15-12-16-22-39)29-31-41(45)50-43(48)37-26-24-36(25-27-37)35-19-13-11-14-20-35/h11-16,19-22,24-27,29,40-41H,7-10,17-18,23,28,30-34H2,1-6H3,(H,46,47)/t40-,41-,45+/m0/s1. The molecule has 1 N–H and O–H groups in total. The van der Waals surface area contributed by atoms with Gasteiger partial charge in [0, 0.05) is 18.3 Å². The molecule has 282 valence electrons. The SMILES string of the molecule is CCCC[C@@]1(CCCCCCC(=O)O)C(CC[C@@H](COc2ccccc2)O[Si](C)(C)C(C)(C)C)=CC[C@@H]1OC(=O)c1ccc(-c2ccccc2)cc1. The highest BCUT2D eigenvalue weighted by atomic mass is 28.4. The van der Waals surface area contributed by atoms with Crippen LogP contribution in [0.15, 0.2) is 96.6 Å². The molecule has 0 amide bonds. The van der Waals surface area contributed by atoms with Gasteiger partial charge in [0.15, 0.2) is 8.32 Å². The van der Waals surface area contributed by atoms with Crippen LogP contribution in [0.25, 0.3) is 11.1 Å². The van der Waals surface area contributed by atoms with Crippen LogP contribution in [-0.4, -0.2) is 44.2 Å². The summed E-state index contributed by atoms with van der Waals surface area (Å²) < 4.78 is 19.8. The average Bonchev–Trinajstić information content (AvgIpc) is 3.46. The first-order chi connectivity index (χ1) is 24.8. The molecule has 0 saturated carbocycles. The van der Waals surface area contributed by atoms with E-state index >= 15 is 0 Å². The third-order valence-corrected chi connectivity index (χ3v) is 15.8. The van der Waals surface area contributed by atoms with Crippen molar-refractivity contribution in [2.45, 2.75) is 135 Å². The number of carboxylic acids is 1. The molecule has 52 heavy (non-hydrogen) atoms. The molecule has 3 aromatic carbocycles. The van der Waals surface area contributed by atoms with Crippen molar-refractivity contribution >= 4 is 20.3 Å². The molecule has 0 aliphatic heterocycles. The van der Waals surface area contributed by atoms with Crippen LogP contribution in [0.5, 0.6) is 5.75 Å². The molecule has 0 radical (unpaired) electrons. The maximum Gasteiger partial charge on any atom is 0.338 e. The Morgan fingerprint density at radius 3 is 2.10 bits per heavy atom. The van der Waals surface area contributed by atoms with Crippen molar-refractivity contribution in [1.82, 2.24) is 0 Å². The molecule has 0 saturated heterocycles. The number of ether oxygens (including phenoxy) is 2. The minimum absolute atomic E-state index is 0.0642. The molecule has 4 rings (SSSR count). The maximum atomic E-state index is 13.8. The molecule has 0 aromatic heterocycles. The highest BCUT2D eigenvalue weighted by molar-refractivity contribution is 6.74. The number of rotatable bonds is 21. The van der Waals surface area contributed by atoms with Crippen LogP contribution in [-0.2, 0) is 14.0 Å². The zero-order valence-corrected chi connectivity index (χ0v) is 33.5. The van der Waals surface area contributed by atoms with Crippen molar-refractivity contribution in [1.29, 1.82) is 0 Å². The molecule has 3 atom stereocenters. The van der Waals surface area contributed by atoms with Crippen LogP contribution in [0.3, 0.4) is 0 Å². The number of carboxylic acid groups (broad SMARTS) is 1. The lowest BCUT2D eigenvalue weighted by Gasteiger charge is -2.41. The lowest BCUT2D eigenvalue weighted by molar-refractivity contribution is -0.137. The Labute approximate surface area is 314 Å². The van der Waals surface area contributed by atoms with E-state index in [2.05, 4.69) is 59.0 Å². The normalized spacial score (nSPS) is 18.1. The summed E-state index contributed by atoms with van der Waals surface area (Å²) in [4.78, 5) is 24.9. The van der Waals surface area contributed by atoms with Crippen LogP contribution in [0.1, 0.15) is 115 Å². The zero-order chi connectivity index (χ0) is 37.6. The lowest BCUT2D eigenvalue weighted by Crippen LogP contribution is -2.45. The summed E-state index contributed by atoms with van der Waals surface area (Å²) >= 11 is 0. The molecule has 0 heterocycles. The zero-order valence-electron chi connectivity index (χ0n) is 32.5. The van der Waals surface area contributed by atoms with Gasteiger partial charge in [0.1, 0.15) is 18.5 Å². The van der Waals surface area contributed by atoms with Gasteiger partial charge in [-0.25, -0.2) is 4.79 Å². The quantitative estimate of drug-likeness (QED) is 0.0509. The molecule has 7 heteroatoms. The second-order valence-electron chi connectivity index (χ2n) is 16.0. The summed E-state index contributed by atoms with van der Waals surface area (Å²) in [6, 6.07) is 27.9. The summed E-state index contributed by atoms with van der Waals surface area (Å²) in [5.41, 5.74) is 3.83. The lowest BCUT2D eigenvalue weighted by atomic mass is 9.70. The van der Waals surface area contributed by atoms with Crippen molar-refractivity contribution in [3.63, 3.8) is 0 Å². The summed E-state index contributed by atoms with van der Waals surface area (Å²) in [5.74, 6) is -0.178. The second-order valence-corrected chi connectivity index (χ2v) is 20.8. The summed E-state index contributed by atoms with van der Waals surface area (Å²) in [7, 11) is -2.09. The van der Waals surface area contributed by atoms with Gasteiger partial charge in [0.25, 0.3) is 0 Å². The average molecular weight is 727 g/mol. The van der Waals surface area contributed by atoms with Gasteiger partial charge in [0.05, 0.1) is 11.7 Å². The predicted molar refractivity (Wildman–Crippen MR) is 214 cm³/mol. The molecule has 1 aliphatic carbocycles. The maximum absolute atomic E-state index is 13.8. The first-order valence-electron chi connectivity index (χ1n) is 19.5. The Kier molecular flexibility index (Phi) is 15.3. The van der Waals surface area contributed by atoms with E-state index in [0.717, 1.165) is 74.7 Å². The fourth-order valence-electron chi connectivity index (χ4n) is 7.15. The molecule has 3 aromatic rings. The highest BCUT2D eigenvalue weighted by Gasteiger charge is 2.47. The van der Waals surface area contributed by atoms with E-state index < -0.39 is 14.3 Å². The van der Waals surface area contributed by atoms with Gasteiger partial charge in [-0.3, -0.25) is 4.79 Å². The highest BCUT2D eigenvalue weighted by Crippen LogP contribution is 2.51. The topological polar surface area (TPSA) is 82.1 Å². The number of hydrogen-bond acceptors (Lipinski definition) is 5. The monoisotopic (exact) mass is 726 g/mol. The molecular weight excluding hydrogens is 665 g/mol. The fourth-order valence-corrected chi connectivity index (χ4v) is 8.52.